The SMILES string of the molecule is NC(CC(=O)C(CCN1CCCC1)Cc1ccccn1)C1CCc2cc(F)c(F)cc21. The summed E-state index contributed by atoms with van der Waals surface area (Å²) in [6.45, 7) is 3.12. The maximum absolute atomic E-state index is 13.8. The molecule has 1 aliphatic carbocycles. The number of benzene rings is 1. The number of aryl methyl sites for hydroxylation is 1. The zero-order chi connectivity index (χ0) is 21.8. The molecule has 4 nitrogen and oxygen atoms in total. The smallest absolute Gasteiger partial charge is 0.159 e. The third-order valence-electron chi connectivity index (χ3n) is 6.89. The van der Waals surface area contributed by atoms with E-state index in [0.29, 0.717) is 12.8 Å². The quantitative estimate of drug-likeness (QED) is 0.657. The van der Waals surface area contributed by atoms with Crippen molar-refractivity contribution in [1.29, 1.82) is 0 Å². The first kappa shape index (κ1) is 22.0. The van der Waals surface area contributed by atoms with Crippen molar-refractivity contribution in [2.75, 3.05) is 19.6 Å². The highest BCUT2D eigenvalue weighted by atomic mass is 19.2. The zero-order valence-electron chi connectivity index (χ0n) is 17.9. The lowest BCUT2D eigenvalue weighted by molar-refractivity contribution is -0.123. The van der Waals surface area contributed by atoms with Crippen molar-refractivity contribution in [3.8, 4) is 0 Å². The number of nitrogens with zero attached hydrogens (tertiary/aromatic N) is 2. The van der Waals surface area contributed by atoms with Crippen LogP contribution in [-0.4, -0.2) is 41.3 Å². The molecule has 31 heavy (non-hydrogen) atoms. The minimum Gasteiger partial charge on any atom is -0.327 e. The van der Waals surface area contributed by atoms with Gasteiger partial charge in [0.1, 0.15) is 5.78 Å². The molecule has 1 aromatic heterocycles. The Morgan fingerprint density at radius 2 is 1.97 bits per heavy atom. The van der Waals surface area contributed by atoms with Crippen LogP contribution in [0.15, 0.2) is 36.5 Å². The fourth-order valence-electron chi connectivity index (χ4n) is 5.11. The molecule has 6 heteroatoms. The van der Waals surface area contributed by atoms with Crippen LogP contribution >= 0.6 is 0 Å². The maximum Gasteiger partial charge on any atom is 0.159 e. The monoisotopic (exact) mass is 427 g/mol. The number of Topliss-reactive ketones (excluding diaryl/α,β-unsaturated/α-hetero) is 1. The molecule has 2 heterocycles. The average molecular weight is 428 g/mol. The number of fused-ring (bicyclic) bond motifs is 1. The first-order valence-corrected chi connectivity index (χ1v) is 11.4. The first-order chi connectivity index (χ1) is 15.0. The highest BCUT2D eigenvalue weighted by Gasteiger charge is 2.32. The highest BCUT2D eigenvalue weighted by molar-refractivity contribution is 5.82. The molecular formula is C25H31F2N3O. The van der Waals surface area contributed by atoms with E-state index in [1.807, 2.05) is 18.2 Å². The molecule has 3 unspecified atom stereocenters. The first-order valence-electron chi connectivity index (χ1n) is 11.4. The summed E-state index contributed by atoms with van der Waals surface area (Å²) in [7, 11) is 0. The van der Waals surface area contributed by atoms with Gasteiger partial charge in [0.25, 0.3) is 0 Å². The van der Waals surface area contributed by atoms with Crippen LogP contribution in [0.1, 0.15) is 54.8 Å². The second-order valence-corrected chi connectivity index (χ2v) is 9.00. The van der Waals surface area contributed by atoms with Gasteiger partial charge < -0.3 is 10.6 Å². The molecule has 0 saturated carbocycles. The topological polar surface area (TPSA) is 59.2 Å². The molecule has 0 bridgehead atoms. The molecule has 166 valence electrons. The molecular weight excluding hydrogens is 396 g/mol. The normalized spacial score (nSPS) is 20.5. The Labute approximate surface area is 182 Å². The number of halogens is 2. The van der Waals surface area contributed by atoms with Crippen LogP contribution in [0.5, 0.6) is 0 Å². The van der Waals surface area contributed by atoms with Crippen LogP contribution in [0.25, 0.3) is 0 Å². The van der Waals surface area contributed by atoms with E-state index < -0.39 is 17.7 Å². The summed E-state index contributed by atoms with van der Waals surface area (Å²) in [5.74, 6) is -1.76. The number of aromatic nitrogens is 1. The van der Waals surface area contributed by atoms with Crippen LogP contribution in [0.3, 0.4) is 0 Å². The third kappa shape index (κ3) is 5.36. The van der Waals surface area contributed by atoms with Crippen molar-refractivity contribution in [1.82, 2.24) is 9.88 Å². The van der Waals surface area contributed by atoms with Gasteiger partial charge in [-0.1, -0.05) is 6.07 Å². The number of rotatable bonds is 9. The molecule has 4 rings (SSSR count). The van der Waals surface area contributed by atoms with Gasteiger partial charge in [0.05, 0.1) is 0 Å². The van der Waals surface area contributed by atoms with Gasteiger partial charge in [0.2, 0.25) is 0 Å². The van der Waals surface area contributed by atoms with E-state index in [9.17, 15) is 13.6 Å². The summed E-state index contributed by atoms with van der Waals surface area (Å²) in [6.07, 6.45) is 7.26. The van der Waals surface area contributed by atoms with Crippen molar-refractivity contribution in [3.05, 3.63) is 65.0 Å². The maximum atomic E-state index is 13.8. The van der Waals surface area contributed by atoms with Crippen molar-refractivity contribution in [2.45, 2.75) is 56.9 Å². The second-order valence-electron chi connectivity index (χ2n) is 9.00. The van der Waals surface area contributed by atoms with E-state index in [4.69, 9.17) is 5.73 Å². The molecule has 2 aromatic rings. The fraction of sp³-hybridized carbons (Fsp3) is 0.520. The molecule has 0 spiro atoms. The summed E-state index contributed by atoms with van der Waals surface area (Å²) in [5.41, 5.74) is 8.96. The summed E-state index contributed by atoms with van der Waals surface area (Å²) >= 11 is 0. The van der Waals surface area contributed by atoms with E-state index in [1.165, 1.54) is 25.0 Å². The lowest BCUT2D eigenvalue weighted by atomic mass is 9.85. The van der Waals surface area contributed by atoms with E-state index in [2.05, 4.69) is 9.88 Å². The molecule has 2 aliphatic rings. The second kappa shape index (κ2) is 9.96. The van der Waals surface area contributed by atoms with Crippen LogP contribution in [0.2, 0.25) is 0 Å². The molecule has 0 amide bonds. The van der Waals surface area contributed by atoms with E-state index in [0.717, 1.165) is 49.3 Å². The number of nitrogens with two attached hydrogens (primary N) is 1. The van der Waals surface area contributed by atoms with Gasteiger partial charge >= 0.3 is 0 Å². The summed E-state index contributed by atoms with van der Waals surface area (Å²) in [4.78, 5) is 20.1. The van der Waals surface area contributed by atoms with Crippen LogP contribution in [-0.2, 0) is 17.6 Å². The fourth-order valence-corrected chi connectivity index (χ4v) is 5.11. The van der Waals surface area contributed by atoms with Crippen molar-refractivity contribution in [2.24, 2.45) is 11.7 Å². The lowest BCUT2D eigenvalue weighted by Crippen LogP contribution is -2.34. The number of hydrogen-bond donors (Lipinski definition) is 1. The van der Waals surface area contributed by atoms with Gasteiger partial charge in [-0.05, 0) is 93.6 Å². The van der Waals surface area contributed by atoms with E-state index >= 15 is 0 Å². The number of carbonyl (C=O) groups is 1. The Morgan fingerprint density at radius 3 is 2.71 bits per heavy atom. The minimum atomic E-state index is -0.845. The van der Waals surface area contributed by atoms with E-state index in [-0.39, 0.29) is 24.0 Å². The van der Waals surface area contributed by atoms with Gasteiger partial charge in [0.15, 0.2) is 11.6 Å². The number of carbonyl (C=O) groups excluding carboxylic acids is 1. The number of pyridine rings is 1. The van der Waals surface area contributed by atoms with Crippen molar-refractivity contribution >= 4 is 5.78 Å². The van der Waals surface area contributed by atoms with Crippen molar-refractivity contribution in [3.63, 3.8) is 0 Å². The number of ketones is 1. The Hall–Kier alpha value is -2.18. The molecule has 1 aliphatic heterocycles. The minimum absolute atomic E-state index is 0.108. The Balaban J connectivity index is 1.43. The van der Waals surface area contributed by atoms with Gasteiger partial charge in [-0.3, -0.25) is 9.78 Å². The molecule has 1 aromatic carbocycles. The Morgan fingerprint density at radius 1 is 1.19 bits per heavy atom. The molecule has 1 saturated heterocycles. The van der Waals surface area contributed by atoms with Crippen LogP contribution < -0.4 is 5.73 Å². The van der Waals surface area contributed by atoms with Gasteiger partial charge in [-0.15, -0.1) is 0 Å². The molecule has 0 radical (unpaired) electrons. The predicted octanol–water partition coefficient (Wildman–Crippen LogP) is 4.02. The highest BCUT2D eigenvalue weighted by Crippen LogP contribution is 2.37. The summed E-state index contributed by atoms with van der Waals surface area (Å²) in [5, 5.41) is 0. The zero-order valence-corrected chi connectivity index (χ0v) is 17.9. The average Bonchev–Trinajstić information content (AvgIpc) is 3.42. The number of hydrogen-bond acceptors (Lipinski definition) is 4. The Bertz CT molecular complexity index is 899. The molecule has 1 fully saturated rings. The molecule has 3 atom stereocenters. The lowest BCUT2D eigenvalue weighted by Gasteiger charge is -2.24. The third-order valence-corrected chi connectivity index (χ3v) is 6.89. The van der Waals surface area contributed by atoms with Crippen molar-refractivity contribution < 1.29 is 13.6 Å². The van der Waals surface area contributed by atoms with Gasteiger partial charge in [0, 0.05) is 36.2 Å². The predicted molar refractivity (Wildman–Crippen MR) is 117 cm³/mol. The van der Waals surface area contributed by atoms with Crippen LogP contribution in [0.4, 0.5) is 8.78 Å². The summed E-state index contributed by atoms with van der Waals surface area (Å²) in [6, 6.07) is 7.93. The standard InChI is InChI=1S/C25H31F2N3O/c26-22-14-17-6-7-20(21(17)15-23(22)27)24(28)16-25(31)18(8-12-30-10-3-4-11-30)13-19-5-1-2-9-29-19/h1-2,5,9,14-15,18,20,24H,3-4,6-8,10-13,16,28H2. The van der Waals surface area contributed by atoms with Crippen LogP contribution in [0, 0.1) is 17.6 Å². The van der Waals surface area contributed by atoms with Gasteiger partial charge in [-0.2, -0.15) is 0 Å². The van der Waals surface area contributed by atoms with Gasteiger partial charge in [-0.25, -0.2) is 8.78 Å². The summed E-state index contributed by atoms with van der Waals surface area (Å²) < 4.78 is 27.4. The van der Waals surface area contributed by atoms with E-state index in [1.54, 1.807) is 6.20 Å². The number of likely N-dealkylation sites (tertiary alicyclic amines) is 1. The molecule has 2 N–H and O–H groups in total. The Kier molecular flexibility index (Phi) is 7.08. The largest absolute Gasteiger partial charge is 0.327 e.